The molecule has 458 valence electrons. The van der Waals surface area contributed by atoms with Gasteiger partial charge in [0.1, 0.15) is 16.9 Å². The van der Waals surface area contributed by atoms with Crippen LogP contribution in [0, 0.1) is 17.2 Å². The van der Waals surface area contributed by atoms with E-state index in [1.54, 1.807) is 7.11 Å². The van der Waals surface area contributed by atoms with Crippen molar-refractivity contribution in [2.24, 2.45) is 16.5 Å². The maximum atomic E-state index is 15.3. The van der Waals surface area contributed by atoms with Gasteiger partial charge in [-0.3, -0.25) is 19.4 Å². The highest BCUT2D eigenvalue weighted by Crippen LogP contribution is 2.68. The number of nitrogens with two attached hydrogens (primary N) is 1. The Labute approximate surface area is 496 Å². The number of methoxy groups -OCH3 is 4. The standard InChI is InChI=1S/C46H58N4O9.C17H14F3N3O3S/c1-8-42(54)23-28-24-45(40(52)57-6,36-30(15-19-49(25-28)26-42)29-13-10-11-14-33(29)47-36)32-21-31-34(22-35(32)56-5)48(4)38-44(31)17-20-50-18-12-16-43(9-2,37(44)50)39(59-27(3)51)46(38,55)41(53)58-7;1-26-16-7-2-10(8-13(16)18)15-9-14(17(19)20)22-23(15)11-3-5-12(6-4-11)27(21,24)25/h10-14,16,21-22,28,37-39,47,54-55H,8-9,15,17-20,23-26H2,1-7H3;2-9,17H,1H3,(H2,21,24,25)/t28-,37-,38+,39+,42-,43+,44+,45-,46-;/m0./s1. The fourth-order valence-corrected chi connectivity index (χ4v) is 16.5. The van der Waals surface area contributed by atoms with E-state index in [-0.39, 0.29) is 28.3 Å². The van der Waals surface area contributed by atoms with Crippen molar-refractivity contribution < 1.29 is 69.9 Å². The van der Waals surface area contributed by atoms with Crippen molar-refractivity contribution in [1.29, 1.82) is 0 Å². The number of hydrogen-bond donors (Lipinski definition) is 4. The number of carbonyl (C=O) groups excluding carboxylic acids is 3. The number of primary sulfonamides is 1. The second-order valence-electron chi connectivity index (χ2n) is 23.8. The molecule has 2 bridgehead atoms. The molecule has 86 heavy (non-hydrogen) atoms. The SMILES string of the molecule is CC[C@]1(O)C[C@@H]2C[N@@](CCc3c([nH]c4ccccc34)[C@@](C(=O)OC)(c3cc4c(cc3OC)N(C)[C@H]3[C@@](O)(C(=O)OC)[C@H](OC(C)=O)[C@]5(CC)C=CCN6CC[C@]43[C@@H]65)C2)C1.COc1ccc(-c2cc(C(F)F)nn2-c2ccc(S(N)(=O)=O)cc2)cc1F. The molecular weight excluding hydrogens is 1140 g/mol. The lowest BCUT2D eigenvalue weighted by Gasteiger charge is -2.63. The van der Waals surface area contributed by atoms with Crippen LogP contribution in [0.1, 0.15) is 87.4 Å². The van der Waals surface area contributed by atoms with E-state index in [9.17, 15) is 41.4 Å². The third kappa shape index (κ3) is 9.28. The van der Waals surface area contributed by atoms with Crippen molar-refractivity contribution in [2.75, 3.05) is 73.1 Å². The second kappa shape index (κ2) is 22.1. The molecule has 6 aromatic rings. The summed E-state index contributed by atoms with van der Waals surface area (Å²) in [6.07, 6.45) is 3.11. The van der Waals surface area contributed by atoms with Gasteiger partial charge in [-0.15, -0.1) is 0 Å². The normalized spacial score (nSPS) is 29.1. The van der Waals surface area contributed by atoms with E-state index in [0.29, 0.717) is 93.8 Å². The van der Waals surface area contributed by atoms with Crippen molar-refractivity contribution in [2.45, 2.75) is 111 Å². The predicted molar refractivity (Wildman–Crippen MR) is 312 cm³/mol. The van der Waals surface area contributed by atoms with Gasteiger partial charge in [0.25, 0.3) is 6.43 Å². The van der Waals surface area contributed by atoms with E-state index in [4.69, 9.17) is 28.8 Å². The number of para-hydroxylation sites is 1. The zero-order valence-corrected chi connectivity index (χ0v) is 50.1. The summed E-state index contributed by atoms with van der Waals surface area (Å²) in [5.41, 5.74) is -1.32. The van der Waals surface area contributed by atoms with Gasteiger partial charge in [-0.2, -0.15) is 5.10 Å². The number of aliphatic hydroxyl groups is 2. The average Bonchev–Trinajstić information content (AvgIpc) is 1.44. The molecule has 23 heteroatoms. The Hall–Kier alpha value is -7.28. The van der Waals surface area contributed by atoms with Crippen LogP contribution in [-0.2, 0) is 55.9 Å². The Morgan fingerprint density at radius 3 is 2.23 bits per heavy atom. The van der Waals surface area contributed by atoms with Crippen molar-refractivity contribution in [3.05, 3.63) is 131 Å². The van der Waals surface area contributed by atoms with E-state index >= 15 is 4.79 Å². The van der Waals surface area contributed by atoms with Crippen molar-refractivity contribution in [1.82, 2.24) is 24.6 Å². The number of aromatic amines is 1. The van der Waals surface area contributed by atoms with E-state index < -0.39 is 85.5 Å². The molecule has 2 saturated heterocycles. The highest BCUT2D eigenvalue weighted by Gasteiger charge is 2.80. The van der Waals surface area contributed by atoms with Crippen LogP contribution in [0.4, 0.5) is 18.9 Å². The summed E-state index contributed by atoms with van der Waals surface area (Å²) >= 11 is 0. The van der Waals surface area contributed by atoms with Crippen LogP contribution in [0.3, 0.4) is 0 Å². The quantitative estimate of drug-likeness (QED) is 0.0535. The molecule has 0 radical (unpaired) electrons. The van der Waals surface area contributed by atoms with Crippen LogP contribution in [0.25, 0.3) is 27.8 Å². The summed E-state index contributed by atoms with van der Waals surface area (Å²) in [6, 6.07) is 21.3. The maximum Gasteiger partial charge on any atom is 0.344 e. The highest BCUT2D eigenvalue weighted by atomic mass is 32.2. The molecule has 0 unspecified atom stereocenters. The van der Waals surface area contributed by atoms with Crippen LogP contribution in [-0.4, -0.2) is 159 Å². The Morgan fingerprint density at radius 1 is 0.872 bits per heavy atom. The van der Waals surface area contributed by atoms with Gasteiger partial charge in [0.05, 0.1) is 56.4 Å². The van der Waals surface area contributed by atoms with E-state index in [0.717, 1.165) is 45.5 Å². The number of carbonyl (C=O) groups is 3. The number of ether oxygens (including phenoxy) is 5. The van der Waals surface area contributed by atoms with Crippen LogP contribution in [0.15, 0.2) is 102 Å². The highest BCUT2D eigenvalue weighted by molar-refractivity contribution is 7.89. The summed E-state index contributed by atoms with van der Waals surface area (Å²) in [6.45, 7) is 8.62. The third-order valence-corrected chi connectivity index (χ3v) is 20.3. The first-order chi connectivity index (χ1) is 40.9. The van der Waals surface area contributed by atoms with Crippen LogP contribution in [0.2, 0.25) is 0 Å². The van der Waals surface area contributed by atoms with Gasteiger partial charge in [0.2, 0.25) is 15.6 Å². The number of alkyl halides is 2. The van der Waals surface area contributed by atoms with E-state index in [1.807, 2.05) is 50.1 Å². The number of nitrogens with zero attached hydrogens (tertiary/aromatic N) is 5. The number of sulfonamides is 1. The maximum absolute atomic E-state index is 15.3. The van der Waals surface area contributed by atoms with Crippen LogP contribution in [0.5, 0.6) is 11.5 Å². The molecule has 0 amide bonds. The summed E-state index contributed by atoms with van der Waals surface area (Å²) in [7, 11) is 3.56. The number of piperidine rings is 1. The molecule has 1 spiro atoms. The summed E-state index contributed by atoms with van der Waals surface area (Å²) in [5, 5.41) is 35.2. The number of fused-ring (bicyclic) bond motifs is 6. The first kappa shape index (κ1) is 60.4. The molecule has 10 atom stereocenters. The average molecular weight is 1210 g/mol. The minimum atomic E-state index is -3.90. The van der Waals surface area contributed by atoms with Gasteiger partial charge in [-0.05, 0) is 123 Å². The fourth-order valence-electron chi connectivity index (χ4n) is 16.0. The number of likely N-dealkylation sites (N-methyl/N-ethyl adjacent to an activating group) is 1. The Balaban J connectivity index is 0.000000238. The summed E-state index contributed by atoms with van der Waals surface area (Å²) in [4.78, 5) is 53.0. The fraction of sp³-hybridized carbons (Fsp3) is 0.460. The van der Waals surface area contributed by atoms with Crippen LogP contribution < -0.4 is 19.5 Å². The van der Waals surface area contributed by atoms with Crippen molar-refractivity contribution in [3.8, 4) is 28.4 Å². The van der Waals surface area contributed by atoms with Gasteiger partial charge in [0, 0.05) is 96.5 Å². The number of esters is 3. The van der Waals surface area contributed by atoms with Crippen LogP contribution >= 0.6 is 0 Å². The lowest BCUT2D eigenvalue weighted by atomic mass is 9.47. The van der Waals surface area contributed by atoms with Gasteiger partial charge >= 0.3 is 17.9 Å². The molecule has 19 nitrogen and oxygen atoms in total. The first-order valence-corrected chi connectivity index (χ1v) is 30.3. The number of nitrogens with one attached hydrogen (secondary N) is 1. The van der Waals surface area contributed by atoms with Gasteiger partial charge in [-0.25, -0.2) is 36.2 Å². The summed E-state index contributed by atoms with van der Waals surface area (Å²) in [5.74, 6) is -2.21. The van der Waals surface area contributed by atoms with Gasteiger partial charge in [0.15, 0.2) is 17.7 Å². The van der Waals surface area contributed by atoms with E-state index in [1.165, 1.54) is 69.3 Å². The van der Waals surface area contributed by atoms with Gasteiger partial charge < -0.3 is 43.8 Å². The number of anilines is 1. The zero-order chi connectivity index (χ0) is 61.6. The number of hydrogen-bond acceptors (Lipinski definition) is 16. The molecule has 3 fully saturated rings. The molecule has 1 aliphatic carbocycles. The molecular formula is C63H72F3N7O12S. The Morgan fingerprint density at radius 2 is 1.59 bits per heavy atom. The minimum absolute atomic E-state index is 0.0106. The number of halogens is 3. The second-order valence-corrected chi connectivity index (χ2v) is 25.3. The van der Waals surface area contributed by atoms with Gasteiger partial charge in [-0.1, -0.05) is 44.2 Å². The topological polar surface area (TPSA) is 241 Å². The number of H-pyrrole nitrogens is 1. The zero-order valence-electron chi connectivity index (χ0n) is 49.2. The first-order valence-electron chi connectivity index (χ1n) is 28.8. The molecule has 6 aliphatic rings. The lowest BCUT2D eigenvalue weighted by molar-refractivity contribution is -0.228. The molecule has 1 saturated carbocycles. The Bertz CT molecular complexity index is 3800. The van der Waals surface area contributed by atoms with Crippen molar-refractivity contribution in [3.63, 3.8) is 0 Å². The van der Waals surface area contributed by atoms with E-state index in [2.05, 4.69) is 44.2 Å². The monoisotopic (exact) mass is 1210 g/mol. The Kier molecular flexibility index (Phi) is 15.6. The molecule has 4 aromatic carbocycles. The smallest absolute Gasteiger partial charge is 0.344 e. The molecule has 2 aromatic heterocycles. The predicted octanol–water partition coefficient (Wildman–Crippen LogP) is 7.26. The largest absolute Gasteiger partial charge is 0.496 e. The minimum Gasteiger partial charge on any atom is -0.496 e. The molecule has 12 rings (SSSR count). The number of aromatic nitrogens is 3. The molecule has 5 N–H and O–H groups in total. The van der Waals surface area contributed by atoms with Crippen molar-refractivity contribution >= 4 is 44.5 Å². The molecule has 7 heterocycles. The number of benzene rings is 4. The third-order valence-electron chi connectivity index (χ3n) is 19.4. The molecule has 5 aliphatic heterocycles. The summed E-state index contributed by atoms with van der Waals surface area (Å²) < 4.78 is 93.0. The lowest BCUT2D eigenvalue weighted by Crippen LogP contribution is -2.81. The number of rotatable bonds is 12.